The van der Waals surface area contributed by atoms with E-state index in [1.807, 2.05) is 0 Å². The van der Waals surface area contributed by atoms with Crippen molar-refractivity contribution in [2.75, 3.05) is 26.2 Å². The maximum atomic E-state index is 6.06. The summed E-state index contributed by atoms with van der Waals surface area (Å²) in [5.41, 5.74) is 6.06. The summed E-state index contributed by atoms with van der Waals surface area (Å²) in [6.07, 6.45) is 8.19. The average Bonchev–Trinajstić information content (AvgIpc) is 2.30. The molecule has 3 unspecified atom stereocenters. The van der Waals surface area contributed by atoms with Crippen LogP contribution >= 0.6 is 0 Å². The predicted octanol–water partition coefficient (Wildman–Crippen LogP) is 2.00. The summed E-state index contributed by atoms with van der Waals surface area (Å²) in [7, 11) is 0. The number of rotatable bonds is 4. The molecule has 0 aromatic rings. The van der Waals surface area contributed by atoms with E-state index >= 15 is 0 Å². The molecule has 0 aromatic carbocycles. The number of likely N-dealkylation sites (tertiary alicyclic amines) is 1. The summed E-state index contributed by atoms with van der Waals surface area (Å²) in [6, 6.07) is 0.459. The maximum Gasteiger partial charge on any atom is 0.0702 e. The number of hydrogen-bond donors (Lipinski definition) is 1. The molecule has 0 spiro atoms. The van der Waals surface area contributed by atoms with Crippen LogP contribution in [0.5, 0.6) is 0 Å². The minimum atomic E-state index is 0.459. The quantitative estimate of drug-likeness (QED) is 0.817. The highest BCUT2D eigenvalue weighted by Crippen LogP contribution is 2.25. The molecule has 3 atom stereocenters. The van der Waals surface area contributed by atoms with Gasteiger partial charge < -0.3 is 15.4 Å². The fourth-order valence-electron chi connectivity index (χ4n) is 3.41. The molecular formula is C14H28N2O. The molecule has 3 nitrogen and oxygen atoms in total. The van der Waals surface area contributed by atoms with Gasteiger partial charge in [-0.2, -0.15) is 0 Å². The molecule has 2 aliphatic rings. The van der Waals surface area contributed by atoms with Crippen LogP contribution in [-0.2, 0) is 4.74 Å². The Bertz CT molecular complexity index is 220. The Morgan fingerprint density at radius 2 is 2.12 bits per heavy atom. The van der Waals surface area contributed by atoms with E-state index in [-0.39, 0.29) is 0 Å². The van der Waals surface area contributed by atoms with Crippen LogP contribution in [0.3, 0.4) is 0 Å². The lowest BCUT2D eigenvalue weighted by atomic mass is 9.85. The second kappa shape index (κ2) is 6.72. The van der Waals surface area contributed by atoms with Crippen molar-refractivity contribution >= 4 is 0 Å². The minimum Gasteiger partial charge on any atom is -0.377 e. The van der Waals surface area contributed by atoms with Gasteiger partial charge in [0.25, 0.3) is 0 Å². The first kappa shape index (κ1) is 13.3. The van der Waals surface area contributed by atoms with Crippen molar-refractivity contribution in [1.82, 2.24) is 4.90 Å². The third kappa shape index (κ3) is 4.23. The number of hydrogen-bond acceptors (Lipinski definition) is 3. The Hall–Kier alpha value is -0.120. The van der Waals surface area contributed by atoms with Crippen LogP contribution in [0.4, 0.5) is 0 Å². The van der Waals surface area contributed by atoms with Crippen LogP contribution in [0.1, 0.15) is 45.4 Å². The maximum absolute atomic E-state index is 6.06. The second-order valence-corrected chi connectivity index (χ2v) is 5.77. The van der Waals surface area contributed by atoms with Gasteiger partial charge in [0, 0.05) is 25.7 Å². The molecule has 1 saturated heterocycles. The van der Waals surface area contributed by atoms with Gasteiger partial charge in [0.15, 0.2) is 0 Å². The van der Waals surface area contributed by atoms with E-state index < -0.39 is 0 Å². The third-order valence-electron chi connectivity index (χ3n) is 4.20. The van der Waals surface area contributed by atoms with Crippen LogP contribution in [0.15, 0.2) is 0 Å². The molecule has 1 heterocycles. The number of nitrogens with zero attached hydrogens (tertiary/aromatic N) is 1. The first-order valence-electron chi connectivity index (χ1n) is 7.37. The zero-order chi connectivity index (χ0) is 12.1. The van der Waals surface area contributed by atoms with E-state index in [1.54, 1.807) is 0 Å². The van der Waals surface area contributed by atoms with Crippen molar-refractivity contribution in [2.24, 2.45) is 11.7 Å². The van der Waals surface area contributed by atoms with Crippen LogP contribution < -0.4 is 5.73 Å². The molecule has 3 heteroatoms. The number of ether oxygens (including phenoxy) is 1. The standard InChI is InChI=1S/C14H28N2O/c1-2-17-14-7-4-8-16(11-14)10-12-5-3-6-13(15)9-12/h12-14H,2-11,15H2,1H3. The van der Waals surface area contributed by atoms with Gasteiger partial charge >= 0.3 is 0 Å². The van der Waals surface area contributed by atoms with E-state index in [2.05, 4.69) is 11.8 Å². The molecule has 17 heavy (non-hydrogen) atoms. The number of nitrogens with two attached hydrogens (primary N) is 1. The molecular weight excluding hydrogens is 212 g/mol. The van der Waals surface area contributed by atoms with E-state index in [9.17, 15) is 0 Å². The Kier molecular flexibility index (Phi) is 5.26. The first-order valence-corrected chi connectivity index (χ1v) is 7.37. The molecule has 1 aliphatic carbocycles. The monoisotopic (exact) mass is 240 g/mol. The van der Waals surface area contributed by atoms with Gasteiger partial charge in [-0.25, -0.2) is 0 Å². The van der Waals surface area contributed by atoms with Crippen LogP contribution in [0.25, 0.3) is 0 Å². The molecule has 0 bridgehead atoms. The lowest BCUT2D eigenvalue weighted by Gasteiger charge is -2.36. The zero-order valence-electron chi connectivity index (χ0n) is 11.2. The van der Waals surface area contributed by atoms with Crippen molar-refractivity contribution < 1.29 is 4.74 Å². The summed E-state index contributed by atoms with van der Waals surface area (Å²) in [6.45, 7) is 6.60. The summed E-state index contributed by atoms with van der Waals surface area (Å²) >= 11 is 0. The highest BCUT2D eigenvalue weighted by atomic mass is 16.5. The highest BCUT2D eigenvalue weighted by molar-refractivity contribution is 4.80. The average molecular weight is 240 g/mol. The summed E-state index contributed by atoms with van der Waals surface area (Å²) in [4.78, 5) is 2.60. The lowest BCUT2D eigenvalue weighted by molar-refractivity contribution is 0.000000252. The van der Waals surface area contributed by atoms with E-state index in [0.29, 0.717) is 12.1 Å². The van der Waals surface area contributed by atoms with Gasteiger partial charge in [0.1, 0.15) is 0 Å². The highest BCUT2D eigenvalue weighted by Gasteiger charge is 2.25. The van der Waals surface area contributed by atoms with Gasteiger partial charge in [-0.15, -0.1) is 0 Å². The molecule has 100 valence electrons. The van der Waals surface area contributed by atoms with Crippen molar-refractivity contribution in [3.8, 4) is 0 Å². The van der Waals surface area contributed by atoms with Crippen molar-refractivity contribution in [1.29, 1.82) is 0 Å². The molecule has 2 N–H and O–H groups in total. The molecule has 0 aromatic heterocycles. The number of piperidine rings is 1. The topological polar surface area (TPSA) is 38.5 Å². The van der Waals surface area contributed by atoms with Gasteiger partial charge in [-0.1, -0.05) is 6.42 Å². The van der Waals surface area contributed by atoms with Crippen molar-refractivity contribution in [3.63, 3.8) is 0 Å². The van der Waals surface area contributed by atoms with Gasteiger partial charge in [0.05, 0.1) is 6.10 Å². The minimum absolute atomic E-state index is 0.459. The van der Waals surface area contributed by atoms with Crippen LogP contribution in [-0.4, -0.2) is 43.3 Å². The van der Waals surface area contributed by atoms with E-state index in [0.717, 1.165) is 19.1 Å². The van der Waals surface area contributed by atoms with Crippen LogP contribution in [0.2, 0.25) is 0 Å². The van der Waals surface area contributed by atoms with Gasteiger partial charge in [-0.3, -0.25) is 0 Å². The lowest BCUT2D eigenvalue weighted by Crippen LogP contribution is -2.43. The SMILES string of the molecule is CCOC1CCCN(CC2CCCC(N)C2)C1. The van der Waals surface area contributed by atoms with Crippen molar-refractivity contribution in [3.05, 3.63) is 0 Å². The molecule has 2 fully saturated rings. The summed E-state index contributed by atoms with van der Waals surface area (Å²) in [5.74, 6) is 0.833. The predicted molar refractivity (Wildman–Crippen MR) is 71.0 cm³/mol. The molecule has 1 aliphatic heterocycles. The Labute approximate surface area is 106 Å². The largest absolute Gasteiger partial charge is 0.377 e. The van der Waals surface area contributed by atoms with Crippen LogP contribution in [0, 0.1) is 5.92 Å². The smallest absolute Gasteiger partial charge is 0.0702 e. The van der Waals surface area contributed by atoms with E-state index in [4.69, 9.17) is 10.5 Å². The Morgan fingerprint density at radius 1 is 1.24 bits per heavy atom. The molecule has 2 rings (SSSR count). The Morgan fingerprint density at radius 3 is 2.88 bits per heavy atom. The van der Waals surface area contributed by atoms with Gasteiger partial charge in [-0.05, 0) is 51.5 Å². The van der Waals surface area contributed by atoms with Gasteiger partial charge in [0.2, 0.25) is 0 Å². The Balaban J connectivity index is 1.74. The second-order valence-electron chi connectivity index (χ2n) is 5.77. The molecule has 1 saturated carbocycles. The third-order valence-corrected chi connectivity index (χ3v) is 4.20. The normalized spacial score (nSPS) is 36.0. The molecule has 0 radical (unpaired) electrons. The summed E-state index contributed by atoms with van der Waals surface area (Å²) < 4.78 is 5.76. The zero-order valence-corrected chi connectivity index (χ0v) is 11.2. The fraction of sp³-hybridized carbons (Fsp3) is 1.00. The van der Waals surface area contributed by atoms with E-state index in [1.165, 1.54) is 51.6 Å². The van der Waals surface area contributed by atoms with Crippen molar-refractivity contribution in [2.45, 2.75) is 57.6 Å². The summed E-state index contributed by atoms with van der Waals surface area (Å²) in [5, 5.41) is 0. The molecule has 0 amide bonds. The fourth-order valence-corrected chi connectivity index (χ4v) is 3.41. The first-order chi connectivity index (χ1) is 8.28.